The Labute approximate surface area is 163 Å². The van der Waals surface area contributed by atoms with Crippen molar-refractivity contribution in [1.82, 2.24) is 14.5 Å². The molecular weight excluding hydrogens is 356 g/mol. The molecule has 0 saturated carbocycles. The van der Waals surface area contributed by atoms with E-state index in [0.717, 1.165) is 17.8 Å². The summed E-state index contributed by atoms with van der Waals surface area (Å²) in [4.78, 5) is 19.3. The minimum Gasteiger partial charge on any atom is -0.497 e. The van der Waals surface area contributed by atoms with Crippen molar-refractivity contribution in [3.8, 4) is 11.5 Å². The van der Waals surface area contributed by atoms with Gasteiger partial charge in [-0.3, -0.25) is 4.98 Å². The Morgan fingerprint density at radius 3 is 2.79 bits per heavy atom. The van der Waals surface area contributed by atoms with E-state index in [4.69, 9.17) is 9.47 Å². The van der Waals surface area contributed by atoms with Crippen molar-refractivity contribution >= 4 is 11.7 Å². The standard InChI is InChI=1S/C21H22N4O3/c1-27-16-7-8-17(19(13-16)28-2)23-21(26)25-12-11-24-10-4-6-18(24)20(25)15-5-3-9-22-14-15/h3-10,13-14,20H,11-12H2,1-2H3,(H,23,26)/t20-/m1/s1. The van der Waals surface area contributed by atoms with Crippen LogP contribution in [0.4, 0.5) is 10.5 Å². The number of carbonyl (C=O) groups is 1. The molecule has 1 aliphatic heterocycles. The highest BCUT2D eigenvalue weighted by Crippen LogP contribution is 2.34. The lowest BCUT2D eigenvalue weighted by molar-refractivity contribution is 0.181. The molecule has 2 aromatic heterocycles. The van der Waals surface area contributed by atoms with Gasteiger partial charge in [0, 0.05) is 43.4 Å². The van der Waals surface area contributed by atoms with Gasteiger partial charge >= 0.3 is 6.03 Å². The molecule has 3 heterocycles. The lowest BCUT2D eigenvalue weighted by atomic mass is 10.0. The van der Waals surface area contributed by atoms with Crippen LogP contribution in [0.25, 0.3) is 0 Å². The van der Waals surface area contributed by atoms with Crippen molar-refractivity contribution in [2.24, 2.45) is 0 Å². The molecule has 1 atom stereocenters. The molecule has 0 unspecified atom stereocenters. The Hall–Kier alpha value is -3.48. The summed E-state index contributed by atoms with van der Waals surface area (Å²) in [7, 11) is 3.16. The van der Waals surface area contributed by atoms with Crippen LogP contribution >= 0.6 is 0 Å². The first kappa shape index (κ1) is 17.9. The van der Waals surface area contributed by atoms with Gasteiger partial charge in [-0.2, -0.15) is 0 Å². The first-order valence-electron chi connectivity index (χ1n) is 9.06. The molecule has 2 amide bonds. The molecule has 144 valence electrons. The summed E-state index contributed by atoms with van der Waals surface area (Å²) < 4.78 is 12.8. The first-order chi connectivity index (χ1) is 13.7. The zero-order valence-corrected chi connectivity index (χ0v) is 15.8. The number of pyridine rings is 1. The molecule has 28 heavy (non-hydrogen) atoms. The molecule has 0 fully saturated rings. The smallest absolute Gasteiger partial charge is 0.322 e. The van der Waals surface area contributed by atoms with E-state index in [2.05, 4.69) is 14.9 Å². The van der Waals surface area contributed by atoms with Gasteiger partial charge in [0.2, 0.25) is 0 Å². The fraction of sp³-hybridized carbons (Fsp3) is 0.238. The second-order valence-electron chi connectivity index (χ2n) is 6.51. The van der Waals surface area contributed by atoms with E-state index < -0.39 is 0 Å². The van der Waals surface area contributed by atoms with Crippen molar-refractivity contribution in [3.63, 3.8) is 0 Å². The second kappa shape index (κ2) is 7.64. The van der Waals surface area contributed by atoms with Crippen molar-refractivity contribution < 1.29 is 14.3 Å². The molecule has 0 radical (unpaired) electrons. The number of fused-ring (bicyclic) bond motifs is 1. The maximum Gasteiger partial charge on any atom is 0.322 e. The van der Waals surface area contributed by atoms with Crippen LogP contribution in [0, 0.1) is 0 Å². The van der Waals surface area contributed by atoms with Gasteiger partial charge in [-0.05, 0) is 35.9 Å². The van der Waals surface area contributed by atoms with Crippen LogP contribution in [0.3, 0.4) is 0 Å². The molecule has 7 heteroatoms. The van der Waals surface area contributed by atoms with Crippen LogP contribution in [-0.4, -0.2) is 41.2 Å². The quantitative estimate of drug-likeness (QED) is 0.754. The highest BCUT2D eigenvalue weighted by Gasteiger charge is 2.32. The lowest BCUT2D eigenvalue weighted by Crippen LogP contribution is -2.44. The summed E-state index contributed by atoms with van der Waals surface area (Å²) >= 11 is 0. The van der Waals surface area contributed by atoms with Gasteiger partial charge < -0.3 is 24.3 Å². The number of rotatable bonds is 4. The van der Waals surface area contributed by atoms with E-state index in [1.165, 1.54) is 0 Å². The molecule has 0 aliphatic carbocycles. The first-order valence-corrected chi connectivity index (χ1v) is 9.06. The predicted molar refractivity (Wildman–Crippen MR) is 106 cm³/mol. The average Bonchev–Trinajstić information content (AvgIpc) is 3.22. The van der Waals surface area contributed by atoms with Crippen LogP contribution in [0.2, 0.25) is 0 Å². The summed E-state index contributed by atoms with van der Waals surface area (Å²) in [6.45, 7) is 1.33. The third-order valence-electron chi connectivity index (χ3n) is 4.95. The molecule has 0 spiro atoms. The van der Waals surface area contributed by atoms with E-state index in [-0.39, 0.29) is 12.1 Å². The van der Waals surface area contributed by atoms with Gasteiger partial charge in [-0.15, -0.1) is 0 Å². The topological polar surface area (TPSA) is 68.6 Å². The molecule has 1 aromatic carbocycles. The fourth-order valence-corrected chi connectivity index (χ4v) is 3.58. The third kappa shape index (κ3) is 3.26. The van der Waals surface area contributed by atoms with E-state index >= 15 is 0 Å². The number of urea groups is 1. The number of benzene rings is 1. The van der Waals surface area contributed by atoms with Gasteiger partial charge in [-0.25, -0.2) is 4.79 Å². The van der Waals surface area contributed by atoms with Crippen molar-refractivity contribution in [1.29, 1.82) is 0 Å². The number of nitrogens with one attached hydrogen (secondary N) is 1. The number of methoxy groups -OCH3 is 2. The highest BCUT2D eigenvalue weighted by atomic mass is 16.5. The number of anilines is 1. The van der Waals surface area contributed by atoms with Crippen molar-refractivity contribution in [2.75, 3.05) is 26.1 Å². The van der Waals surface area contributed by atoms with Crippen LogP contribution in [0.1, 0.15) is 17.3 Å². The number of amides is 2. The SMILES string of the molecule is COc1ccc(NC(=O)N2CCn3cccc3[C@H]2c2cccnc2)c(OC)c1. The Morgan fingerprint density at radius 2 is 2.04 bits per heavy atom. The number of ether oxygens (including phenoxy) is 2. The Balaban J connectivity index is 1.65. The summed E-state index contributed by atoms with van der Waals surface area (Å²) in [6, 6.07) is 12.9. The fourth-order valence-electron chi connectivity index (χ4n) is 3.58. The lowest BCUT2D eigenvalue weighted by Gasteiger charge is -2.37. The monoisotopic (exact) mass is 378 g/mol. The van der Waals surface area contributed by atoms with Crippen LogP contribution in [0.15, 0.2) is 61.1 Å². The van der Waals surface area contributed by atoms with E-state index in [0.29, 0.717) is 23.7 Å². The number of nitrogens with zero attached hydrogens (tertiary/aromatic N) is 3. The molecule has 7 nitrogen and oxygen atoms in total. The molecule has 1 N–H and O–H groups in total. The van der Waals surface area contributed by atoms with E-state index in [1.54, 1.807) is 38.6 Å². The highest BCUT2D eigenvalue weighted by molar-refractivity contribution is 5.91. The van der Waals surface area contributed by atoms with Gasteiger partial charge in [-0.1, -0.05) is 6.07 Å². The maximum absolute atomic E-state index is 13.2. The summed E-state index contributed by atoms with van der Waals surface area (Å²) in [5.74, 6) is 1.21. The van der Waals surface area contributed by atoms with Crippen LogP contribution < -0.4 is 14.8 Å². The minimum absolute atomic E-state index is 0.190. The van der Waals surface area contributed by atoms with Gasteiger partial charge in [0.1, 0.15) is 17.5 Å². The van der Waals surface area contributed by atoms with E-state index in [1.807, 2.05) is 41.6 Å². The van der Waals surface area contributed by atoms with Gasteiger partial charge in [0.15, 0.2) is 0 Å². The molecular formula is C21H22N4O3. The number of aromatic nitrogens is 2. The van der Waals surface area contributed by atoms with Crippen molar-refractivity contribution in [2.45, 2.75) is 12.6 Å². The van der Waals surface area contributed by atoms with Crippen LogP contribution in [0.5, 0.6) is 11.5 Å². The normalized spacial score (nSPS) is 15.6. The average molecular weight is 378 g/mol. The molecule has 0 saturated heterocycles. The Morgan fingerprint density at radius 1 is 1.14 bits per heavy atom. The molecule has 1 aliphatic rings. The van der Waals surface area contributed by atoms with Crippen LogP contribution in [-0.2, 0) is 6.54 Å². The summed E-state index contributed by atoms with van der Waals surface area (Å²) in [6.07, 6.45) is 5.58. The largest absolute Gasteiger partial charge is 0.497 e. The van der Waals surface area contributed by atoms with Gasteiger partial charge in [0.25, 0.3) is 0 Å². The molecule has 0 bridgehead atoms. The Kier molecular flexibility index (Phi) is 4.89. The van der Waals surface area contributed by atoms with E-state index in [9.17, 15) is 4.79 Å². The Bertz CT molecular complexity index is 971. The molecule has 3 aromatic rings. The zero-order valence-electron chi connectivity index (χ0n) is 15.8. The maximum atomic E-state index is 13.2. The summed E-state index contributed by atoms with van der Waals surface area (Å²) in [5, 5.41) is 2.98. The predicted octanol–water partition coefficient (Wildman–Crippen LogP) is 3.54. The summed E-state index contributed by atoms with van der Waals surface area (Å²) in [5.41, 5.74) is 2.63. The third-order valence-corrected chi connectivity index (χ3v) is 4.95. The number of hydrogen-bond acceptors (Lipinski definition) is 4. The molecule has 4 rings (SSSR count). The minimum atomic E-state index is -0.207. The number of hydrogen-bond donors (Lipinski definition) is 1. The van der Waals surface area contributed by atoms with Gasteiger partial charge in [0.05, 0.1) is 19.9 Å². The van der Waals surface area contributed by atoms with Crippen molar-refractivity contribution in [3.05, 3.63) is 72.3 Å². The second-order valence-corrected chi connectivity index (χ2v) is 6.51. The number of carbonyl (C=O) groups excluding carboxylic acids is 1. The zero-order chi connectivity index (χ0) is 19.5.